The van der Waals surface area contributed by atoms with E-state index in [2.05, 4.69) is 15.6 Å². The number of carbonyl (C=O) groups is 1. The molecular formula is C24H23FN4O3. The van der Waals surface area contributed by atoms with Crippen LogP contribution in [0.2, 0.25) is 0 Å². The minimum atomic E-state index is -0.424. The van der Waals surface area contributed by atoms with Crippen molar-refractivity contribution in [3.8, 4) is 5.75 Å². The molecule has 0 fully saturated rings. The van der Waals surface area contributed by atoms with Crippen LogP contribution >= 0.6 is 0 Å². The van der Waals surface area contributed by atoms with Gasteiger partial charge in [-0.1, -0.05) is 29.4 Å². The van der Waals surface area contributed by atoms with E-state index >= 15 is 0 Å². The van der Waals surface area contributed by atoms with Crippen molar-refractivity contribution >= 4 is 11.6 Å². The Morgan fingerprint density at radius 1 is 1.19 bits per heavy atom. The summed E-state index contributed by atoms with van der Waals surface area (Å²) in [5, 5.41) is 10.9. The van der Waals surface area contributed by atoms with Gasteiger partial charge in [0.1, 0.15) is 23.9 Å². The molecule has 4 rings (SSSR count). The minimum Gasteiger partial charge on any atom is -0.488 e. The highest BCUT2D eigenvalue weighted by Gasteiger charge is 2.21. The van der Waals surface area contributed by atoms with Gasteiger partial charge in [0.15, 0.2) is 5.69 Å². The Balaban J connectivity index is 1.44. The van der Waals surface area contributed by atoms with Crippen LogP contribution in [0.5, 0.6) is 5.75 Å². The molecule has 2 heterocycles. The number of aromatic nitrogens is 3. The Morgan fingerprint density at radius 2 is 2.00 bits per heavy atom. The van der Waals surface area contributed by atoms with Crippen molar-refractivity contribution in [1.29, 1.82) is 0 Å². The number of rotatable bonds is 7. The fraction of sp³-hybridized carbons (Fsp3) is 0.208. The maximum atomic E-state index is 13.4. The second-order valence-corrected chi connectivity index (χ2v) is 7.56. The van der Waals surface area contributed by atoms with Crippen molar-refractivity contribution < 1.29 is 18.4 Å². The number of carbonyl (C=O) groups excluding carboxylic acids is 1. The number of anilines is 1. The number of hydrogen-bond donors (Lipinski definition) is 1. The van der Waals surface area contributed by atoms with E-state index in [0.717, 1.165) is 22.4 Å². The highest BCUT2D eigenvalue weighted by Crippen LogP contribution is 2.24. The summed E-state index contributed by atoms with van der Waals surface area (Å²) in [4.78, 5) is 12.8. The first-order chi connectivity index (χ1) is 15.4. The van der Waals surface area contributed by atoms with Gasteiger partial charge in [-0.3, -0.25) is 9.48 Å². The van der Waals surface area contributed by atoms with E-state index in [1.165, 1.54) is 18.3 Å². The number of halogens is 1. The average Bonchev–Trinajstić information content (AvgIpc) is 3.35. The van der Waals surface area contributed by atoms with Crippen LogP contribution in [0.3, 0.4) is 0 Å². The largest absolute Gasteiger partial charge is 0.488 e. The molecule has 0 saturated carbocycles. The van der Waals surface area contributed by atoms with Gasteiger partial charge in [-0.2, -0.15) is 5.10 Å². The van der Waals surface area contributed by atoms with Crippen molar-refractivity contribution in [1.82, 2.24) is 14.9 Å². The van der Waals surface area contributed by atoms with Gasteiger partial charge in [0, 0.05) is 6.20 Å². The maximum Gasteiger partial charge on any atom is 0.278 e. The number of amides is 1. The SMILES string of the molecule is Cc1cccc(OCc2c(C(=O)Nc3cnn(Cc4cccc(F)c4)c3)noc2C)c1C. The number of nitrogens with one attached hydrogen (secondary N) is 1. The third-order valence-electron chi connectivity index (χ3n) is 5.25. The summed E-state index contributed by atoms with van der Waals surface area (Å²) in [7, 11) is 0. The number of benzene rings is 2. The first-order valence-corrected chi connectivity index (χ1v) is 10.1. The molecule has 32 heavy (non-hydrogen) atoms. The summed E-state index contributed by atoms with van der Waals surface area (Å²) < 4.78 is 26.2. The molecule has 0 saturated heterocycles. The zero-order valence-corrected chi connectivity index (χ0v) is 18.1. The first-order valence-electron chi connectivity index (χ1n) is 10.1. The van der Waals surface area contributed by atoms with Gasteiger partial charge in [-0.05, 0) is 55.7 Å². The summed E-state index contributed by atoms with van der Waals surface area (Å²) >= 11 is 0. The second-order valence-electron chi connectivity index (χ2n) is 7.56. The second kappa shape index (κ2) is 9.05. The standard InChI is InChI=1S/C24H23FN4O3/c1-15-6-4-9-22(16(15)2)31-14-21-17(3)32-28-23(21)24(30)27-20-11-26-29(13-20)12-18-7-5-8-19(25)10-18/h4-11,13H,12,14H2,1-3H3,(H,27,30). The molecule has 0 atom stereocenters. The van der Waals surface area contributed by atoms with E-state index in [1.54, 1.807) is 23.9 Å². The Kier molecular flexibility index (Phi) is 6.02. The summed E-state index contributed by atoms with van der Waals surface area (Å²) in [5.41, 5.74) is 4.16. The third-order valence-corrected chi connectivity index (χ3v) is 5.25. The summed E-state index contributed by atoms with van der Waals surface area (Å²) in [6.45, 7) is 6.27. The van der Waals surface area contributed by atoms with Crippen molar-refractivity contribution in [2.24, 2.45) is 0 Å². The Hall–Kier alpha value is -3.94. The van der Waals surface area contributed by atoms with Crippen molar-refractivity contribution in [3.05, 3.63) is 94.4 Å². The molecular weight excluding hydrogens is 411 g/mol. The lowest BCUT2D eigenvalue weighted by Crippen LogP contribution is -2.15. The van der Waals surface area contributed by atoms with E-state index < -0.39 is 5.91 Å². The van der Waals surface area contributed by atoms with Crippen molar-refractivity contribution in [2.75, 3.05) is 5.32 Å². The van der Waals surface area contributed by atoms with Crippen LogP contribution in [0.15, 0.2) is 59.4 Å². The Morgan fingerprint density at radius 3 is 2.81 bits per heavy atom. The molecule has 164 valence electrons. The minimum absolute atomic E-state index is 0.154. The zero-order chi connectivity index (χ0) is 22.7. The quantitative estimate of drug-likeness (QED) is 0.451. The monoisotopic (exact) mass is 434 g/mol. The molecule has 4 aromatic rings. The number of nitrogens with zero attached hydrogens (tertiary/aromatic N) is 3. The smallest absolute Gasteiger partial charge is 0.278 e. The number of hydrogen-bond acceptors (Lipinski definition) is 5. The highest BCUT2D eigenvalue weighted by molar-refractivity contribution is 6.03. The number of aryl methyl sites for hydroxylation is 2. The molecule has 0 radical (unpaired) electrons. The summed E-state index contributed by atoms with van der Waals surface area (Å²) in [6, 6.07) is 12.1. The predicted octanol–water partition coefficient (Wildman–Crippen LogP) is 4.82. The molecule has 0 bridgehead atoms. The van der Waals surface area contributed by atoms with E-state index in [-0.39, 0.29) is 18.1 Å². The van der Waals surface area contributed by atoms with E-state index in [0.29, 0.717) is 23.6 Å². The lowest BCUT2D eigenvalue weighted by atomic mass is 10.1. The molecule has 1 N–H and O–H groups in total. The van der Waals surface area contributed by atoms with Crippen molar-refractivity contribution in [2.45, 2.75) is 33.9 Å². The van der Waals surface area contributed by atoms with E-state index in [1.807, 2.05) is 38.1 Å². The summed E-state index contributed by atoms with van der Waals surface area (Å²) in [5.74, 6) is 0.532. The molecule has 0 aliphatic heterocycles. The molecule has 2 aromatic heterocycles. The zero-order valence-electron chi connectivity index (χ0n) is 18.1. The van der Waals surface area contributed by atoms with Gasteiger partial charge < -0.3 is 14.6 Å². The third kappa shape index (κ3) is 4.69. The van der Waals surface area contributed by atoms with Crippen LogP contribution in [0.4, 0.5) is 10.1 Å². The van der Waals surface area contributed by atoms with Crippen LogP contribution in [-0.4, -0.2) is 20.8 Å². The van der Waals surface area contributed by atoms with Crippen LogP contribution in [0.25, 0.3) is 0 Å². The van der Waals surface area contributed by atoms with Crippen LogP contribution < -0.4 is 10.1 Å². The van der Waals surface area contributed by atoms with Crippen LogP contribution in [0.1, 0.15) is 38.5 Å². The molecule has 0 unspecified atom stereocenters. The lowest BCUT2D eigenvalue weighted by molar-refractivity contribution is 0.101. The Bertz CT molecular complexity index is 1260. The number of ether oxygens (including phenoxy) is 1. The van der Waals surface area contributed by atoms with Gasteiger partial charge in [-0.25, -0.2) is 4.39 Å². The van der Waals surface area contributed by atoms with Crippen LogP contribution in [-0.2, 0) is 13.2 Å². The maximum absolute atomic E-state index is 13.4. The first kappa shape index (κ1) is 21.3. The molecule has 0 spiro atoms. The van der Waals surface area contributed by atoms with Crippen molar-refractivity contribution in [3.63, 3.8) is 0 Å². The van der Waals surface area contributed by atoms with Gasteiger partial charge in [-0.15, -0.1) is 0 Å². The molecule has 8 heteroatoms. The van der Waals surface area contributed by atoms with Gasteiger partial charge in [0.2, 0.25) is 0 Å². The summed E-state index contributed by atoms with van der Waals surface area (Å²) in [6.07, 6.45) is 3.19. The molecule has 0 aliphatic carbocycles. The van der Waals surface area contributed by atoms with Gasteiger partial charge in [0.25, 0.3) is 5.91 Å². The molecule has 7 nitrogen and oxygen atoms in total. The molecule has 1 amide bonds. The normalized spacial score (nSPS) is 10.9. The predicted molar refractivity (Wildman–Crippen MR) is 117 cm³/mol. The Labute approximate surface area is 184 Å². The average molecular weight is 434 g/mol. The molecule has 2 aromatic carbocycles. The van der Waals surface area contributed by atoms with Crippen LogP contribution in [0, 0.1) is 26.6 Å². The lowest BCUT2D eigenvalue weighted by Gasteiger charge is -2.11. The highest BCUT2D eigenvalue weighted by atomic mass is 19.1. The fourth-order valence-corrected chi connectivity index (χ4v) is 3.30. The fourth-order valence-electron chi connectivity index (χ4n) is 3.30. The molecule has 0 aliphatic rings. The topological polar surface area (TPSA) is 82.2 Å². The van der Waals surface area contributed by atoms with Gasteiger partial charge in [0.05, 0.1) is 24.0 Å². The van der Waals surface area contributed by atoms with Gasteiger partial charge >= 0.3 is 0 Å². The van der Waals surface area contributed by atoms with E-state index in [9.17, 15) is 9.18 Å². The van der Waals surface area contributed by atoms with E-state index in [4.69, 9.17) is 9.26 Å².